The number of hydrogen-bond acceptors (Lipinski definition) is 2. The van der Waals surface area contributed by atoms with Crippen LogP contribution in [0.3, 0.4) is 0 Å². The molecule has 0 unspecified atom stereocenters. The molecule has 0 aromatic heterocycles. The SMILES string of the molecule is COC(=O)CC=Cc1ccc(F)cc1. The maximum absolute atomic E-state index is 12.5. The number of carbonyl (C=O) groups excluding carboxylic acids is 1. The van der Waals surface area contributed by atoms with Crippen molar-refractivity contribution in [1.82, 2.24) is 0 Å². The van der Waals surface area contributed by atoms with Gasteiger partial charge in [-0.25, -0.2) is 4.39 Å². The first-order valence-corrected chi connectivity index (χ1v) is 4.21. The summed E-state index contributed by atoms with van der Waals surface area (Å²) in [6.07, 6.45) is 3.66. The number of hydrogen-bond donors (Lipinski definition) is 0. The van der Waals surface area contributed by atoms with Crippen molar-refractivity contribution in [1.29, 1.82) is 0 Å². The summed E-state index contributed by atoms with van der Waals surface area (Å²) in [6, 6.07) is 6.03. The first-order valence-electron chi connectivity index (χ1n) is 4.21. The summed E-state index contributed by atoms with van der Waals surface area (Å²) >= 11 is 0. The van der Waals surface area contributed by atoms with Gasteiger partial charge >= 0.3 is 5.97 Å². The van der Waals surface area contributed by atoms with E-state index in [1.54, 1.807) is 24.3 Å². The van der Waals surface area contributed by atoms with Gasteiger partial charge in [-0.15, -0.1) is 0 Å². The van der Waals surface area contributed by atoms with Crippen molar-refractivity contribution in [3.05, 3.63) is 41.7 Å². The second-order valence-electron chi connectivity index (χ2n) is 2.73. The van der Waals surface area contributed by atoms with Crippen molar-refractivity contribution >= 4 is 12.0 Å². The Hall–Kier alpha value is -1.64. The molecule has 14 heavy (non-hydrogen) atoms. The lowest BCUT2D eigenvalue weighted by molar-refractivity contribution is -0.139. The molecule has 0 radical (unpaired) electrons. The summed E-state index contributed by atoms with van der Waals surface area (Å²) in [6.45, 7) is 0. The molecule has 2 nitrogen and oxygen atoms in total. The highest BCUT2D eigenvalue weighted by atomic mass is 19.1. The maximum atomic E-state index is 12.5. The van der Waals surface area contributed by atoms with Crippen molar-refractivity contribution in [2.24, 2.45) is 0 Å². The first-order chi connectivity index (χ1) is 6.72. The Balaban J connectivity index is 2.52. The van der Waals surface area contributed by atoms with Gasteiger partial charge in [0.2, 0.25) is 0 Å². The Bertz CT molecular complexity index is 328. The monoisotopic (exact) mass is 194 g/mol. The summed E-state index contributed by atoms with van der Waals surface area (Å²) < 4.78 is 17.0. The molecule has 1 aromatic rings. The zero-order chi connectivity index (χ0) is 10.4. The van der Waals surface area contributed by atoms with E-state index in [1.807, 2.05) is 0 Å². The van der Waals surface area contributed by atoms with Crippen LogP contribution >= 0.6 is 0 Å². The van der Waals surface area contributed by atoms with Crippen LogP contribution in [0.15, 0.2) is 30.3 Å². The third-order valence-electron chi connectivity index (χ3n) is 1.69. The molecule has 0 saturated heterocycles. The topological polar surface area (TPSA) is 26.3 Å². The molecule has 0 atom stereocenters. The molecular weight excluding hydrogens is 183 g/mol. The van der Waals surface area contributed by atoms with Gasteiger partial charge in [0.1, 0.15) is 5.82 Å². The van der Waals surface area contributed by atoms with E-state index >= 15 is 0 Å². The lowest BCUT2D eigenvalue weighted by Gasteiger charge is -1.93. The Labute approximate surface area is 82.0 Å². The van der Waals surface area contributed by atoms with Crippen LogP contribution in [-0.4, -0.2) is 13.1 Å². The quantitative estimate of drug-likeness (QED) is 0.690. The van der Waals surface area contributed by atoms with Crippen LogP contribution in [0, 0.1) is 5.82 Å². The lowest BCUT2D eigenvalue weighted by Crippen LogP contribution is -1.96. The fraction of sp³-hybridized carbons (Fsp3) is 0.182. The Morgan fingerprint density at radius 1 is 1.43 bits per heavy atom. The average molecular weight is 194 g/mol. The second-order valence-corrected chi connectivity index (χ2v) is 2.73. The molecule has 0 aliphatic heterocycles. The molecule has 0 amide bonds. The molecule has 0 aliphatic rings. The molecule has 0 spiro atoms. The molecule has 1 aromatic carbocycles. The zero-order valence-corrected chi connectivity index (χ0v) is 7.87. The minimum Gasteiger partial charge on any atom is -0.469 e. The number of methoxy groups -OCH3 is 1. The normalized spacial score (nSPS) is 10.4. The van der Waals surface area contributed by atoms with Gasteiger partial charge in [-0.1, -0.05) is 24.3 Å². The summed E-state index contributed by atoms with van der Waals surface area (Å²) in [5.74, 6) is -0.557. The number of ether oxygens (including phenoxy) is 1. The molecule has 0 heterocycles. The molecule has 0 fully saturated rings. The third-order valence-corrected chi connectivity index (χ3v) is 1.69. The minimum atomic E-state index is -0.289. The largest absolute Gasteiger partial charge is 0.469 e. The summed E-state index contributed by atoms with van der Waals surface area (Å²) in [4.78, 5) is 10.7. The minimum absolute atomic E-state index is 0.230. The second kappa shape index (κ2) is 5.17. The van der Waals surface area contributed by atoms with Gasteiger partial charge in [0, 0.05) is 0 Å². The van der Waals surface area contributed by atoms with E-state index in [2.05, 4.69) is 4.74 Å². The molecule has 0 bridgehead atoms. The maximum Gasteiger partial charge on any atom is 0.309 e. The van der Waals surface area contributed by atoms with Crippen LogP contribution in [0.1, 0.15) is 12.0 Å². The predicted molar refractivity (Wildman–Crippen MR) is 52.1 cm³/mol. The van der Waals surface area contributed by atoms with Gasteiger partial charge in [0.15, 0.2) is 0 Å². The van der Waals surface area contributed by atoms with Crippen molar-refractivity contribution in [3.8, 4) is 0 Å². The standard InChI is InChI=1S/C11H11FO2/c1-14-11(13)4-2-3-9-5-7-10(12)8-6-9/h2-3,5-8H,4H2,1H3. The van der Waals surface area contributed by atoms with E-state index in [1.165, 1.54) is 19.2 Å². The highest BCUT2D eigenvalue weighted by Crippen LogP contribution is 2.05. The first kappa shape index (κ1) is 10.4. The van der Waals surface area contributed by atoms with Crippen molar-refractivity contribution < 1.29 is 13.9 Å². The van der Waals surface area contributed by atoms with Crippen LogP contribution < -0.4 is 0 Å². The summed E-state index contributed by atoms with van der Waals surface area (Å²) in [5.41, 5.74) is 0.857. The number of esters is 1. The summed E-state index contributed by atoms with van der Waals surface area (Å²) in [7, 11) is 1.34. The Kier molecular flexibility index (Phi) is 3.85. The Morgan fingerprint density at radius 3 is 2.64 bits per heavy atom. The van der Waals surface area contributed by atoms with Crippen molar-refractivity contribution in [2.45, 2.75) is 6.42 Å². The highest BCUT2D eigenvalue weighted by molar-refractivity contribution is 5.72. The van der Waals surface area contributed by atoms with Crippen molar-refractivity contribution in [3.63, 3.8) is 0 Å². The van der Waals surface area contributed by atoms with Crippen LogP contribution in [0.2, 0.25) is 0 Å². The van der Waals surface area contributed by atoms with E-state index in [0.29, 0.717) is 0 Å². The lowest BCUT2D eigenvalue weighted by atomic mass is 10.2. The molecule has 74 valence electrons. The molecule has 0 aliphatic carbocycles. The Morgan fingerprint density at radius 2 is 2.07 bits per heavy atom. The molecule has 1 rings (SSSR count). The smallest absolute Gasteiger partial charge is 0.309 e. The third kappa shape index (κ3) is 3.39. The van der Waals surface area contributed by atoms with E-state index in [0.717, 1.165) is 5.56 Å². The van der Waals surface area contributed by atoms with Crippen LogP contribution in [0.4, 0.5) is 4.39 Å². The zero-order valence-electron chi connectivity index (χ0n) is 7.87. The van der Waals surface area contributed by atoms with Crippen LogP contribution in [0.25, 0.3) is 6.08 Å². The molecule has 3 heteroatoms. The van der Waals surface area contributed by atoms with E-state index in [4.69, 9.17) is 0 Å². The number of rotatable bonds is 3. The fourth-order valence-corrected chi connectivity index (χ4v) is 0.948. The fourth-order valence-electron chi connectivity index (χ4n) is 0.948. The number of halogens is 1. The van der Waals surface area contributed by atoms with E-state index in [-0.39, 0.29) is 18.2 Å². The van der Waals surface area contributed by atoms with E-state index in [9.17, 15) is 9.18 Å². The number of benzene rings is 1. The van der Waals surface area contributed by atoms with E-state index < -0.39 is 0 Å². The molecule has 0 saturated carbocycles. The van der Waals surface area contributed by atoms with Crippen LogP contribution in [0.5, 0.6) is 0 Å². The van der Waals surface area contributed by atoms with Gasteiger partial charge in [0.05, 0.1) is 13.5 Å². The van der Waals surface area contributed by atoms with Gasteiger partial charge in [0.25, 0.3) is 0 Å². The van der Waals surface area contributed by atoms with Gasteiger partial charge < -0.3 is 4.74 Å². The molecular formula is C11H11FO2. The van der Waals surface area contributed by atoms with Gasteiger partial charge in [-0.3, -0.25) is 4.79 Å². The summed E-state index contributed by atoms with van der Waals surface area (Å²) in [5, 5.41) is 0. The van der Waals surface area contributed by atoms with Gasteiger partial charge in [-0.2, -0.15) is 0 Å². The number of carbonyl (C=O) groups is 1. The van der Waals surface area contributed by atoms with Crippen LogP contribution in [-0.2, 0) is 9.53 Å². The van der Waals surface area contributed by atoms with Crippen molar-refractivity contribution in [2.75, 3.05) is 7.11 Å². The molecule has 0 N–H and O–H groups in total. The highest BCUT2D eigenvalue weighted by Gasteiger charge is 1.94. The average Bonchev–Trinajstić information content (AvgIpc) is 2.21. The predicted octanol–water partition coefficient (Wildman–Crippen LogP) is 2.40. The van der Waals surface area contributed by atoms with Gasteiger partial charge in [-0.05, 0) is 17.7 Å².